The largest absolute Gasteiger partial charge is 0.494 e. The first-order valence-corrected chi connectivity index (χ1v) is 11.7. The van der Waals surface area contributed by atoms with Crippen LogP contribution in [0.2, 0.25) is 10.0 Å². The second-order valence-electron chi connectivity index (χ2n) is 6.98. The number of nitrogens with one attached hydrogen (secondary N) is 1. The summed E-state index contributed by atoms with van der Waals surface area (Å²) < 4.78 is 5.48. The van der Waals surface area contributed by atoms with Gasteiger partial charge in [0.25, 0.3) is 5.91 Å². The topological polar surface area (TPSA) is 82.4 Å². The molecule has 1 aliphatic rings. The van der Waals surface area contributed by atoms with Crippen molar-refractivity contribution in [1.29, 1.82) is 5.26 Å². The maximum absolute atomic E-state index is 13.5. The van der Waals surface area contributed by atoms with Crippen LogP contribution in [0.3, 0.4) is 0 Å². The standard InChI is InChI=1S/C24H21Cl2N3O3S/c1-3-9-28-22(30)20(14-27)24-29(18-5-7-19(8-6-18)32-4-2)23(31)21(33-24)12-15-10-16(25)13-17(26)11-15/h3,5-8,10-11,13,21H,1,4,9,12H2,2H3,(H,28,30)/b24-20-. The van der Waals surface area contributed by atoms with E-state index >= 15 is 0 Å². The molecule has 0 radical (unpaired) electrons. The van der Waals surface area contributed by atoms with Crippen LogP contribution in [0.5, 0.6) is 5.75 Å². The fourth-order valence-corrected chi connectivity index (χ4v) is 5.16. The van der Waals surface area contributed by atoms with Gasteiger partial charge in [0.2, 0.25) is 5.91 Å². The Kier molecular flexibility index (Phi) is 8.45. The van der Waals surface area contributed by atoms with E-state index in [9.17, 15) is 14.9 Å². The SMILES string of the molecule is C=CCNC(=O)/C(C#N)=C1\SC(Cc2cc(Cl)cc(Cl)c2)C(=O)N1c1ccc(OCC)cc1. The molecule has 0 saturated carbocycles. The number of ether oxygens (including phenoxy) is 1. The first-order chi connectivity index (χ1) is 15.9. The van der Waals surface area contributed by atoms with Crippen LogP contribution in [0.15, 0.2) is 65.7 Å². The van der Waals surface area contributed by atoms with E-state index in [0.717, 1.165) is 5.56 Å². The number of amides is 2. The summed E-state index contributed by atoms with van der Waals surface area (Å²) in [7, 11) is 0. The van der Waals surface area contributed by atoms with Gasteiger partial charge in [0, 0.05) is 22.3 Å². The number of thioether (sulfide) groups is 1. The molecule has 0 spiro atoms. The Labute approximate surface area is 206 Å². The molecule has 1 saturated heterocycles. The Balaban J connectivity index is 2.02. The summed E-state index contributed by atoms with van der Waals surface area (Å²) in [5.74, 6) is -0.171. The van der Waals surface area contributed by atoms with Gasteiger partial charge < -0.3 is 10.1 Å². The lowest BCUT2D eigenvalue weighted by Gasteiger charge is -2.19. The molecule has 33 heavy (non-hydrogen) atoms. The van der Waals surface area contributed by atoms with Crippen LogP contribution in [0, 0.1) is 11.3 Å². The van der Waals surface area contributed by atoms with Gasteiger partial charge in [0.15, 0.2) is 0 Å². The molecule has 1 aliphatic heterocycles. The number of hydrogen-bond donors (Lipinski definition) is 1. The summed E-state index contributed by atoms with van der Waals surface area (Å²) in [6.07, 6.45) is 1.84. The van der Waals surface area contributed by atoms with Crippen LogP contribution in [0.4, 0.5) is 5.69 Å². The first kappa shape index (κ1) is 24.7. The molecule has 2 aromatic rings. The van der Waals surface area contributed by atoms with Gasteiger partial charge in [-0.25, -0.2) is 0 Å². The highest BCUT2D eigenvalue weighted by Gasteiger charge is 2.40. The number of nitriles is 1. The number of nitrogens with zero attached hydrogens (tertiary/aromatic N) is 2. The Morgan fingerprint density at radius 3 is 2.52 bits per heavy atom. The third-order valence-corrected chi connectivity index (χ3v) is 6.36. The fourth-order valence-electron chi connectivity index (χ4n) is 3.28. The lowest BCUT2D eigenvalue weighted by Crippen LogP contribution is -2.32. The molecule has 2 amide bonds. The van der Waals surface area contributed by atoms with Gasteiger partial charge in [-0.15, -0.1) is 6.58 Å². The Bertz CT molecular complexity index is 1120. The number of rotatable bonds is 8. The zero-order valence-corrected chi connectivity index (χ0v) is 20.1. The summed E-state index contributed by atoms with van der Waals surface area (Å²) >= 11 is 13.4. The fraction of sp³-hybridized carbons (Fsp3) is 0.208. The van der Waals surface area contributed by atoms with E-state index < -0.39 is 11.2 Å². The molecular weight excluding hydrogens is 481 g/mol. The highest BCUT2D eigenvalue weighted by molar-refractivity contribution is 8.05. The second-order valence-corrected chi connectivity index (χ2v) is 9.04. The van der Waals surface area contributed by atoms with Crippen LogP contribution < -0.4 is 15.0 Å². The van der Waals surface area contributed by atoms with Gasteiger partial charge in [-0.1, -0.05) is 41.0 Å². The van der Waals surface area contributed by atoms with Crippen LogP contribution >= 0.6 is 35.0 Å². The summed E-state index contributed by atoms with van der Waals surface area (Å²) in [4.78, 5) is 27.5. The average Bonchev–Trinajstić information content (AvgIpc) is 3.08. The quantitative estimate of drug-likeness (QED) is 0.308. The zero-order chi connectivity index (χ0) is 24.0. The van der Waals surface area contributed by atoms with E-state index in [1.807, 2.05) is 13.0 Å². The minimum absolute atomic E-state index is 0.143. The molecule has 9 heteroatoms. The van der Waals surface area contributed by atoms with Crippen molar-refractivity contribution in [2.24, 2.45) is 0 Å². The van der Waals surface area contributed by atoms with Gasteiger partial charge >= 0.3 is 0 Å². The molecule has 2 aromatic carbocycles. The number of hydrogen-bond acceptors (Lipinski definition) is 5. The van der Waals surface area contributed by atoms with Gasteiger partial charge in [-0.3, -0.25) is 14.5 Å². The molecule has 1 unspecified atom stereocenters. The van der Waals surface area contributed by atoms with Crippen molar-refractivity contribution in [3.8, 4) is 11.8 Å². The number of anilines is 1. The van der Waals surface area contributed by atoms with Crippen LogP contribution in [-0.4, -0.2) is 30.2 Å². The summed E-state index contributed by atoms with van der Waals surface area (Å²) in [6.45, 7) is 6.15. The summed E-state index contributed by atoms with van der Waals surface area (Å²) in [5, 5.41) is 13.0. The lowest BCUT2D eigenvalue weighted by atomic mass is 10.1. The van der Waals surface area contributed by atoms with Gasteiger partial charge in [0.05, 0.1) is 11.9 Å². The lowest BCUT2D eigenvalue weighted by molar-refractivity contribution is -0.117. The summed E-state index contributed by atoms with van der Waals surface area (Å²) in [5.41, 5.74) is 1.17. The Morgan fingerprint density at radius 1 is 1.27 bits per heavy atom. The maximum atomic E-state index is 13.5. The Morgan fingerprint density at radius 2 is 1.94 bits per heavy atom. The molecule has 1 heterocycles. The number of carbonyl (C=O) groups is 2. The predicted octanol–water partition coefficient (Wildman–Crippen LogP) is 5.12. The smallest absolute Gasteiger partial charge is 0.264 e. The van der Waals surface area contributed by atoms with Crippen molar-refractivity contribution in [3.05, 3.63) is 81.3 Å². The molecule has 1 fully saturated rings. The van der Waals surface area contributed by atoms with Crippen molar-refractivity contribution in [2.45, 2.75) is 18.6 Å². The van der Waals surface area contributed by atoms with Crippen molar-refractivity contribution in [2.75, 3.05) is 18.1 Å². The molecule has 170 valence electrons. The van der Waals surface area contributed by atoms with Crippen LogP contribution in [0.1, 0.15) is 12.5 Å². The summed E-state index contributed by atoms with van der Waals surface area (Å²) in [6, 6.07) is 14.0. The predicted molar refractivity (Wildman–Crippen MR) is 132 cm³/mol. The zero-order valence-electron chi connectivity index (χ0n) is 17.8. The third-order valence-electron chi connectivity index (χ3n) is 4.66. The van der Waals surface area contributed by atoms with E-state index in [0.29, 0.717) is 34.5 Å². The van der Waals surface area contributed by atoms with Gasteiger partial charge in [-0.05, 0) is 61.4 Å². The number of benzene rings is 2. The van der Waals surface area contributed by atoms with E-state index in [2.05, 4.69) is 11.9 Å². The van der Waals surface area contributed by atoms with Crippen molar-refractivity contribution in [3.63, 3.8) is 0 Å². The molecular formula is C24H21Cl2N3O3S. The van der Waals surface area contributed by atoms with E-state index in [1.54, 1.807) is 42.5 Å². The number of halogens is 2. The molecule has 6 nitrogen and oxygen atoms in total. The highest BCUT2D eigenvalue weighted by atomic mass is 35.5. The monoisotopic (exact) mass is 501 g/mol. The molecule has 0 aliphatic carbocycles. The van der Waals surface area contributed by atoms with Crippen LogP contribution in [0.25, 0.3) is 0 Å². The minimum Gasteiger partial charge on any atom is -0.494 e. The highest BCUT2D eigenvalue weighted by Crippen LogP contribution is 2.42. The van der Waals surface area contributed by atoms with Gasteiger partial charge in [0.1, 0.15) is 22.4 Å². The Hall–Kier alpha value is -2.92. The van der Waals surface area contributed by atoms with E-state index in [-0.39, 0.29) is 23.1 Å². The second kappa shape index (κ2) is 11.3. The van der Waals surface area contributed by atoms with E-state index in [1.165, 1.54) is 22.7 Å². The van der Waals surface area contributed by atoms with Crippen molar-refractivity contribution < 1.29 is 14.3 Å². The molecule has 1 N–H and O–H groups in total. The maximum Gasteiger partial charge on any atom is 0.264 e. The first-order valence-electron chi connectivity index (χ1n) is 10.1. The van der Waals surface area contributed by atoms with E-state index in [4.69, 9.17) is 27.9 Å². The van der Waals surface area contributed by atoms with Gasteiger partial charge in [-0.2, -0.15) is 5.26 Å². The molecule has 0 bridgehead atoms. The number of carbonyl (C=O) groups excluding carboxylic acids is 2. The molecule has 3 rings (SSSR count). The third kappa shape index (κ3) is 5.91. The molecule has 0 aromatic heterocycles. The van der Waals surface area contributed by atoms with Crippen LogP contribution in [-0.2, 0) is 16.0 Å². The minimum atomic E-state index is -0.574. The van der Waals surface area contributed by atoms with Crippen molar-refractivity contribution >= 4 is 52.5 Å². The van der Waals surface area contributed by atoms with Crippen molar-refractivity contribution in [1.82, 2.24) is 5.32 Å². The normalized spacial score (nSPS) is 16.8. The average molecular weight is 502 g/mol. The molecule has 1 atom stereocenters.